The van der Waals surface area contributed by atoms with Crippen LogP contribution in [-0.4, -0.2) is 37.6 Å². The maximum Gasteiger partial charge on any atom is 0.337 e. The number of rotatable bonds is 6. The van der Waals surface area contributed by atoms with Gasteiger partial charge in [-0.25, -0.2) is 4.79 Å². The highest BCUT2D eigenvalue weighted by molar-refractivity contribution is 7.94. The second-order valence-corrected chi connectivity index (χ2v) is 8.55. The second kappa shape index (κ2) is 7.98. The van der Waals surface area contributed by atoms with Crippen LogP contribution in [0.5, 0.6) is 0 Å². The van der Waals surface area contributed by atoms with Crippen LogP contribution in [0.4, 0.5) is 10.8 Å². The Morgan fingerprint density at radius 3 is 2.58 bits per heavy atom. The Morgan fingerprint density at radius 1 is 1.27 bits per heavy atom. The molecule has 1 aromatic carbocycles. The molecule has 0 saturated carbocycles. The van der Waals surface area contributed by atoms with Gasteiger partial charge in [0, 0.05) is 5.92 Å². The van der Waals surface area contributed by atoms with Gasteiger partial charge in [-0.15, -0.1) is 10.2 Å². The lowest BCUT2D eigenvalue weighted by Crippen LogP contribution is -2.17. The van der Waals surface area contributed by atoms with Crippen LogP contribution in [-0.2, 0) is 19.6 Å². The van der Waals surface area contributed by atoms with Gasteiger partial charge in [-0.05, 0) is 18.2 Å². The normalized spacial score (nSPS) is 11.3. The molecule has 0 spiro atoms. The highest BCUT2D eigenvalue weighted by Gasteiger charge is 2.23. The third-order valence-corrected chi connectivity index (χ3v) is 5.92. The van der Waals surface area contributed by atoms with Crippen LogP contribution >= 0.6 is 22.9 Å². The number of nitrogens with zero attached hydrogens (tertiary/aromatic N) is 2. The van der Waals surface area contributed by atoms with E-state index in [1.807, 2.05) is 0 Å². The fourth-order valence-electron chi connectivity index (χ4n) is 1.66. The lowest BCUT2D eigenvalue weighted by atomic mass is 10.2. The van der Waals surface area contributed by atoms with E-state index in [1.165, 1.54) is 25.3 Å². The number of halogens is 1. The molecule has 1 heterocycles. The van der Waals surface area contributed by atoms with Crippen LogP contribution in [0.15, 0.2) is 22.5 Å². The predicted octanol–water partition coefficient (Wildman–Crippen LogP) is 2.37. The lowest BCUT2D eigenvalue weighted by molar-refractivity contribution is -0.118. The molecule has 26 heavy (non-hydrogen) atoms. The number of carbonyl (C=O) groups is 2. The molecule has 2 aromatic rings. The number of nitrogens with one attached hydrogen (secondary N) is 2. The third-order valence-electron chi connectivity index (χ3n) is 3.02. The first-order chi connectivity index (χ1) is 12.1. The van der Waals surface area contributed by atoms with Crippen LogP contribution in [0.1, 0.15) is 24.2 Å². The van der Waals surface area contributed by atoms with Gasteiger partial charge < -0.3 is 10.1 Å². The SMILES string of the molecule is COC(=O)c1ccc(Cl)c(NS(=O)(=O)c2nnc(NC(=O)C(C)C)s2)c1. The molecule has 0 aliphatic rings. The van der Waals surface area contributed by atoms with E-state index in [2.05, 4.69) is 25.0 Å². The van der Waals surface area contributed by atoms with Crippen molar-refractivity contribution < 1.29 is 22.7 Å². The molecule has 0 aliphatic carbocycles. The minimum atomic E-state index is -4.11. The van der Waals surface area contributed by atoms with Crippen molar-refractivity contribution in [2.45, 2.75) is 18.2 Å². The molecule has 0 fully saturated rings. The summed E-state index contributed by atoms with van der Waals surface area (Å²) in [6.45, 7) is 3.37. The summed E-state index contributed by atoms with van der Waals surface area (Å²) < 4.78 is 31.4. The topological polar surface area (TPSA) is 127 Å². The van der Waals surface area contributed by atoms with Crippen molar-refractivity contribution in [3.05, 3.63) is 28.8 Å². The molecule has 0 bridgehead atoms. The van der Waals surface area contributed by atoms with Crippen molar-refractivity contribution in [3.63, 3.8) is 0 Å². The molecular formula is C14H15ClN4O5S2. The van der Waals surface area contributed by atoms with Gasteiger partial charge in [0.05, 0.1) is 23.4 Å². The molecule has 2 rings (SSSR count). The maximum absolute atomic E-state index is 12.4. The van der Waals surface area contributed by atoms with E-state index >= 15 is 0 Å². The highest BCUT2D eigenvalue weighted by Crippen LogP contribution is 2.28. The van der Waals surface area contributed by atoms with E-state index in [0.717, 1.165) is 0 Å². The molecule has 12 heteroatoms. The van der Waals surface area contributed by atoms with Crippen molar-refractivity contribution in [2.24, 2.45) is 5.92 Å². The predicted molar refractivity (Wildman–Crippen MR) is 97.0 cm³/mol. The van der Waals surface area contributed by atoms with Crippen LogP contribution < -0.4 is 10.0 Å². The summed E-state index contributed by atoms with van der Waals surface area (Å²) in [5.41, 5.74) is 0.106. The zero-order valence-corrected chi connectivity index (χ0v) is 16.3. The highest BCUT2D eigenvalue weighted by atomic mass is 35.5. The maximum atomic E-state index is 12.4. The van der Waals surface area contributed by atoms with Gasteiger partial charge in [-0.1, -0.05) is 36.8 Å². The van der Waals surface area contributed by atoms with Gasteiger partial charge >= 0.3 is 5.97 Å². The van der Waals surface area contributed by atoms with Crippen molar-refractivity contribution in [2.75, 3.05) is 17.1 Å². The third kappa shape index (κ3) is 4.68. The fourth-order valence-corrected chi connectivity index (χ4v) is 3.85. The number of amides is 1. The Bertz CT molecular complexity index is 943. The largest absolute Gasteiger partial charge is 0.465 e. The standard InChI is InChI=1S/C14H15ClN4O5S2/c1-7(2)11(20)16-13-17-18-14(25-13)26(22,23)19-10-6-8(12(21)24-3)4-5-9(10)15/h4-7,19H,1-3H3,(H,16,17,20). The molecular weight excluding hydrogens is 404 g/mol. The number of esters is 1. The summed E-state index contributed by atoms with van der Waals surface area (Å²) in [4.78, 5) is 23.2. The fraction of sp³-hybridized carbons (Fsp3) is 0.286. The zero-order chi connectivity index (χ0) is 19.5. The molecule has 2 N–H and O–H groups in total. The lowest BCUT2D eigenvalue weighted by Gasteiger charge is -2.08. The molecule has 1 aromatic heterocycles. The summed E-state index contributed by atoms with van der Waals surface area (Å²) in [5, 5.41) is 9.81. The number of sulfonamides is 1. The van der Waals surface area contributed by atoms with Crippen LogP contribution in [0, 0.1) is 5.92 Å². The van der Waals surface area contributed by atoms with Crippen LogP contribution in [0.3, 0.4) is 0 Å². The zero-order valence-electron chi connectivity index (χ0n) is 13.9. The first-order valence-corrected chi connectivity index (χ1v) is 9.87. The molecule has 0 radical (unpaired) electrons. The molecule has 0 unspecified atom stereocenters. The smallest absolute Gasteiger partial charge is 0.337 e. The Morgan fingerprint density at radius 2 is 1.96 bits per heavy atom. The van der Waals surface area contributed by atoms with Crippen molar-refractivity contribution in [1.29, 1.82) is 0 Å². The Labute approximate surface area is 158 Å². The number of aromatic nitrogens is 2. The van der Waals surface area contributed by atoms with Crippen molar-refractivity contribution >= 4 is 55.7 Å². The summed E-state index contributed by atoms with van der Waals surface area (Å²) in [6, 6.07) is 4.00. The molecule has 9 nitrogen and oxygen atoms in total. The summed E-state index contributed by atoms with van der Waals surface area (Å²) in [5.74, 6) is -1.25. The number of carbonyl (C=O) groups excluding carboxylic acids is 2. The van der Waals surface area contributed by atoms with E-state index in [-0.39, 0.29) is 37.6 Å². The number of anilines is 2. The number of hydrogen-bond acceptors (Lipinski definition) is 8. The number of ether oxygens (including phenoxy) is 1. The summed E-state index contributed by atoms with van der Waals surface area (Å²) in [6.07, 6.45) is 0. The van der Waals surface area contributed by atoms with Crippen LogP contribution in [0.2, 0.25) is 5.02 Å². The van der Waals surface area contributed by atoms with Crippen molar-refractivity contribution in [1.82, 2.24) is 10.2 Å². The van der Waals surface area contributed by atoms with E-state index in [0.29, 0.717) is 11.3 Å². The van der Waals surface area contributed by atoms with E-state index in [4.69, 9.17) is 11.6 Å². The number of hydrogen-bond donors (Lipinski definition) is 2. The quantitative estimate of drug-likeness (QED) is 0.544. The molecule has 0 atom stereocenters. The minimum absolute atomic E-state index is 0.0162. The molecule has 0 aliphatic heterocycles. The van der Waals surface area contributed by atoms with Gasteiger partial charge in [0.1, 0.15) is 0 Å². The first kappa shape index (κ1) is 20.1. The second-order valence-electron chi connectivity index (χ2n) is 5.31. The summed E-state index contributed by atoms with van der Waals surface area (Å²) >= 11 is 6.66. The number of methoxy groups -OCH3 is 1. The van der Waals surface area contributed by atoms with E-state index in [1.54, 1.807) is 13.8 Å². The Balaban J connectivity index is 2.25. The van der Waals surface area contributed by atoms with Gasteiger partial charge in [0.15, 0.2) is 0 Å². The molecule has 140 valence electrons. The van der Waals surface area contributed by atoms with Gasteiger partial charge in [-0.2, -0.15) is 8.42 Å². The summed E-state index contributed by atoms with van der Waals surface area (Å²) in [7, 11) is -2.91. The van der Waals surface area contributed by atoms with Crippen LogP contribution in [0.25, 0.3) is 0 Å². The van der Waals surface area contributed by atoms with E-state index in [9.17, 15) is 18.0 Å². The monoisotopic (exact) mass is 418 g/mol. The number of benzene rings is 1. The van der Waals surface area contributed by atoms with Gasteiger partial charge in [-0.3, -0.25) is 9.52 Å². The first-order valence-electron chi connectivity index (χ1n) is 7.19. The molecule has 0 saturated heterocycles. The van der Waals surface area contributed by atoms with Gasteiger partial charge in [0.2, 0.25) is 11.0 Å². The Hall–Kier alpha value is -2.24. The van der Waals surface area contributed by atoms with Crippen molar-refractivity contribution in [3.8, 4) is 0 Å². The average Bonchev–Trinajstić information content (AvgIpc) is 3.05. The van der Waals surface area contributed by atoms with E-state index < -0.39 is 16.0 Å². The van der Waals surface area contributed by atoms with Gasteiger partial charge in [0.25, 0.3) is 14.4 Å². The molecule has 1 amide bonds. The average molecular weight is 419 g/mol. The minimum Gasteiger partial charge on any atom is -0.465 e. The Kier molecular flexibility index (Phi) is 6.16.